The number of benzene rings is 1. The van der Waals surface area contributed by atoms with Crippen molar-refractivity contribution in [2.24, 2.45) is 11.7 Å². The van der Waals surface area contributed by atoms with Crippen LogP contribution >= 0.6 is 0 Å². The van der Waals surface area contributed by atoms with E-state index in [9.17, 15) is 4.39 Å². The summed E-state index contributed by atoms with van der Waals surface area (Å²) in [7, 11) is 0. The molecule has 0 amide bonds. The summed E-state index contributed by atoms with van der Waals surface area (Å²) in [4.78, 5) is 2.40. The van der Waals surface area contributed by atoms with Crippen LogP contribution in [0, 0.1) is 11.7 Å². The second-order valence-corrected chi connectivity index (χ2v) is 4.87. The highest BCUT2D eigenvalue weighted by atomic mass is 19.1. The van der Waals surface area contributed by atoms with E-state index < -0.39 is 0 Å². The van der Waals surface area contributed by atoms with Crippen molar-refractivity contribution >= 4 is 0 Å². The van der Waals surface area contributed by atoms with Gasteiger partial charge in [-0.3, -0.25) is 0 Å². The van der Waals surface area contributed by atoms with Crippen LogP contribution in [0.15, 0.2) is 24.3 Å². The summed E-state index contributed by atoms with van der Waals surface area (Å²) in [5.41, 5.74) is 6.41. The molecular weight excluding hydrogens is 215 g/mol. The summed E-state index contributed by atoms with van der Waals surface area (Å²) < 4.78 is 13.5. The Morgan fingerprint density at radius 3 is 2.59 bits per heavy atom. The Hall–Kier alpha value is -0.930. The molecule has 0 spiro atoms. The van der Waals surface area contributed by atoms with Gasteiger partial charge in [0.2, 0.25) is 0 Å². The number of rotatable bonds is 4. The van der Waals surface area contributed by atoms with Gasteiger partial charge in [0.25, 0.3) is 0 Å². The summed E-state index contributed by atoms with van der Waals surface area (Å²) in [5.74, 6) is 0.567. The van der Waals surface area contributed by atoms with Gasteiger partial charge >= 0.3 is 0 Å². The van der Waals surface area contributed by atoms with Crippen molar-refractivity contribution in [3.8, 4) is 0 Å². The highest BCUT2D eigenvalue weighted by Gasteiger charge is 2.19. The predicted octanol–water partition coefficient (Wildman–Crippen LogP) is 2.04. The molecule has 3 heteroatoms. The number of likely N-dealkylation sites (tertiary alicyclic amines) is 1. The van der Waals surface area contributed by atoms with Crippen molar-refractivity contribution in [3.63, 3.8) is 0 Å². The van der Waals surface area contributed by atoms with Gasteiger partial charge in [0, 0.05) is 13.1 Å². The molecule has 2 rings (SSSR count). The van der Waals surface area contributed by atoms with Crippen LogP contribution in [0.4, 0.5) is 4.39 Å². The third kappa shape index (κ3) is 3.51. The Morgan fingerprint density at radius 2 is 1.94 bits per heavy atom. The fourth-order valence-electron chi connectivity index (χ4n) is 2.57. The van der Waals surface area contributed by atoms with E-state index >= 15 is 0 Å². The summed E-state index contributed by atoms with van der Waals surface area (Å²) in [5, 5.41) is 0. The molecule has 2 nitrogen and oxygen atoms in total. The number of hydrogen-bond acceptors (Lipinski definition) is 2. The molecule has 1 aliphatic rings. The molecule has 1 aliphatic heterocycles. The van der Waals surface area contributed by atoms with E-state index in [1.165, 1.54) is 0 Å². The van der Waals surface area contributed by atoms with E-state index in [1.54, 1.807) is 12.1 Å². The highest BCUT2D eigenvalue weighted by Crippen LogP contribution is 2.22. The van der Waals surface area contributed by atoms with E-state index in [1.807, 2.05) is 12.1 Å². The number of halogens is 1. The zero-order valence-corrected chi connectivity index (χ0v) is 10.2. The zero-order chi connectivity index (χ0) is 12.1. The van der Waals surface area contributed by atoms with Crippen LogP contribution in [0.3, 0.4) is 0 Å². The van der Waals surface area contributed by atoms with Crippen molar-refractivity contribution in [1.82, 2.24) is 4.90 Å². The lowest BCUT2D eigenvalue weighted by Gasteiger charge is -2.31. The molecule has 94 valence electrons. The molecule has 1 heterocycles. The van der Waals surface area contributed by atoms with Gasteiger partial charge in [0.05, 0.1) is 0 Å². The van der Waals surface area contributed by atoms with Crippen LogP contribution in [0.2, 0.25) is 0 Å². The Labute approximate surface area is 103 Å². The maximum atomic E-state index is 13.5. The van der Waals surface area contributed by atoms with E-state index in [4.69, 9.17) is 5.73 Å². The number of nitrogens with two attached hydrogens (primary N) is 1. The SMILES string of the molecule is NCCN1CCC(Cc2ccccc2F)CC1. The van der Waals surface area contributed by atoms with Crippen molar-refractivity contribution in [2.75, 3.05) is 26.2 Å². The van der Waals surface area contributed by atoms with Gasteiger partial charge in [0.1, 0.15) is 5.82 Å². The molecule has 0 aliphatic carbocycles. The number of hydrogen-bond donors (Lipinski definition) is 1. The Morgan fingerprint density at radius 1 is 1.24 bits per heavy atom. The van der Waals surface area contributed by atoms with Crippen LogP contribution < -0.4 is 5.73 Å². The van der Waals surface area contributed by atoms with Crippen molar-refractivity contribution in [1.29, 1.82) is 0 Å². The van der Waals surface area contributed by atoms with Crippen molar-refractivity contribution in [3.05, 3.63) is 35.6 Å². The van der Waals surface area contributed by atoms with Crippen molar-refractivity contribution < 1.29 is 4.39 Å². The average Bonchev–Trinajstić information content (AvgIpc) is 2.35. The summed E-state index contributed by atoms with van der Waals surface area (Å²) in [6.07, 6.45) is 3.20. The lowest BCUT2D eigenvalue weighted by atomic mass is 9.90. The molecule has 2 N–H and O–H groups in total. The van der Waals surface area contributed by atoms with Crippen LogP contribution in [-0.4, -0.2) is 31.1 Å². The minimum absolute atomic E-state index is 0.0584. The van der Waals surface area contributed by atoms with Crippen LogP contribution in [-0.2, 0) is 6.42 Å². The summed E-state index contributed by atoms with van der Waals surface area (Å²) >= 11 is 0. The number of piperidine rings is 1. The molecule has 1 aromatic rings. The molecule has 0 saturated carbocycles. The molecule has 0 unspecified atom stereocenters. The van der Waals surface area contributed by atoms with Crippen molar-refractivity contribution in [2.45, 2.75) is 19.3 Å². The fourth-order valence-corrected chi connectivity index (χ4v) is 2.57. The normalized spacial score (nSPS) is 18.5. The van der Waals surface area contributed by atoms with Crippen LogP contribution in [0.5, 0.6) is 0 Å². The maximum Gasteiger partial charge on any atom is 0.126 e. The van der Waals surface area contributed by atoms with E-state index in [-0.39, 0.29) is 5.82 Å². The molecule has 0 radical (unpaired) electrons. The first-order valence-electron chi connectivity index (χ1n) is 6.45. The van der Waals surface area contributed by atoms with Gasteiger partial charge in [-0.25, -0.2) is 4.39 Å². The largest absolute Gasteiger partial charge is 0.329 e. The summed E-state index contributed by atoms with van der Waals surface area (Å²) in [6, 6.07) is 7.13. The Kier molecular flexibility index (Phi) is 4.51. The van der Waals surface area contributed by atoms with E-state index in [0.29, 0.717) is 5.92 Å². The molecule has 0 bridgehead atoms. The van der Waals surface area contributed by atoms with Gasteiger partial charge in [-0.2, -0.15) is 0 Å². The second kappa shape index (κ2) is 6.12. The lowest BCUT2D eigenvalue weighted by molar-refractivity contribution is 0.188. The lowest BCUT2D eigenvalue weighted by Crippen LogP contribution is -2.37. The minimum atomic E-state index is -0.0584. The van der Waals surface area contributed by atoms with E-state index in [2.05, 4.69) is 4.90 Å². The first-order chi connectivity index (χ1) is 8.29. The third-order valence-electron chi connectivity index (χ3n) is 3.62. The molecule has 0 atom stereocenters. The monoisotopic (exact) mass is 236 g/mol. The topological polar surface area (TPSA) is 29.3 Å². The molecule has 1 fully saturated rings. The Balaban J connectivity index is 1.84. The fraction of sp³-hybridized carbons (Fsp3) is 0.571. The maximum absolute atomic E-state index is 13.5. The van der Waals surface area contributed by atoms with Crippen LogP contribution in [0.1, 0.15) is 18.4 Å². The van der Waals surface area contributed by atoms with Gasteiger partial charge in [0.15, 0.2) is 0 Å². The molecule has 0 aromatic heterocycles. The first-order valence-corrected chi connectivity index (χ1v) is 6.45. The number of nitrogens with zero attached hydrogens (tertiary/aromatic N) is 1. The predicted molar refractivity (Wildman–Crippen MR) is 68.3 cm³/mol. The quantitative estimate of drug-likeness (QED) is 0.867. The second-order valence-electron chi connectivity index (χ2n) is 4.87. The third-order valence-corrected chi connectivity index (χ3v) is 3.62. The highest BCUT2D eigenvalue weighted by molar-refractivity contribution is 5.17. The minimum Gasteiger partial charge on any atom is -0.329 e. The van der Waals surface area contributed by atoms with Gasteiger partial charge in [-0.15, -0.1) is 0 Å². The van der Waals surface area contributed by atoms with Gasteiger partial charge in [-0.1, -0.05) is 18.2 Å². The van der Waals surface area contributed by atoms with Gasteiger partial charge < -0.3 is 10.6 Å². The first kappa shape index (κ1) is 12.5. The average molecular weight is 236 g/mol. The molecule has 1 saturated heterocycles. The Bertz CT molecular complexity index is 346. The zero-order valence-electron chi connectivity index (χ0n) is 10.2. The summed E-state index contributed by atoms with van der Waals surface area (Å²) in [6.45, 7) is 3.94. The molecule has 1 aromatic carbocycles. The molecule has 17 heavy (non-hydrogen) atoms. The molecular formula is C14H21FN2. The van der Waals surface area contributed by atoms with Crippen LogP contribution in [0.25, 0.3) is 0 Å². The van der Waals surface area contributed by atoms with Gasteiger partial charge in [-0.05, 0) is 49.9 Å². The van der Waals surface area contributed by atoms with E-state index in [0.717, 1.165) is 51.0 Å². The smallest absolute Gasteiger partial charge is 0.126 e. The standard InChI is InChI=1S/C14H21FN2/c15-14-4-2-1-3-13(14)11-12-5-8-17(9-6-12)10-7-16/h1-4,12H,5-11,16H2.